The van der Waals surface area contributed by atoms with Gasteiger partial charge in [-0.15, -0.1) is 0 Å². The van der Waals surface area contributed by atoms with Crippen LogP contribution in [0, 0.1) is 5.82 Å². The van der Waals surface area contributed by atoms with Gasteiger partial charge in [-0.25, -0.2) is 4.39 Å². The van der Waals surface area contributed by atoms with Crippen LogP contribution in [0.4, 0.5) is 4.39 Å². The molecule has 3 aromatic rings. The largest absolute Gasteiger partial charge is 0.394 e. The van der Waals surface area contributed by atoms with E-state index in [1.54, 1.807) is 24.3 Å². The smallest absolute Gasteiger partial charge is 0.246 e. The van der Waals surface area contributed by atoms with Crippen molar-refractivity contribution in [1.82, 2.24) is 10.1 Å². The molecule has 0 amide bonds. The Balaban J connectivity index is 2.15. The Bertz CT molecular complexity index is 757. The third-order valence-corrected chi connectivity index (χ3v) is 3.07. The number of hydrogen-bond donors (Lipinski definition) is 2. The van der Waals surface area contributed by atoms with Crippen LogP contribution >= 0.6 is 0 Å². The third-order valence-electron chi connectivity index (χ3n) is 3.07. The first-order valence-electron chi connectivity index (χ1n) is 6.08. The fourth-order valence-electron chi connectivity index (χ4n) is 2.03. The summed E-state index contributed by atoms with van der Waals surface area (Å²) in [7, 11) is 0. The van der Waals surface area contributed by atoms with Crippen molar-refractivity contribution in [2.75, 3.05) is 6.61 Å². The molecule has 5 nitrogen and oxygen atoms in total. The quantitative estimate of drug-likeness (QED) is 0.762. The first-order chi connectivity index (χ1) is 9.70. The molecule has 0 aliphatic heterocycles. The molecular formula is C14H12FN3O2. The van der Waals surface area contributed by atoms with E-state index in [2.05, 4.69) is 10.1 Å². The topological polar surface area (TPSA) is 85.2 Å². The second-order valence-corrected chi connectivity index (χ2v) is 4.39. The number of fused-ring (bicyclic) bond motifs is 1. The molecule has 3 N–H and O–H groups in total. The van der Waals surface area contributed by atoms with Gasteiger partial charge < -0.3 is 15.4 Å². The van der Waals surface area contributed by atoms with Gasteiger partial charge in [0.2, 0.25) is 11.7 Å². The van der Waals surface area contributed by atoms with Crippen LogP contribution in [0.3, 0.4) is 0 Å². The van der Waals surface area contributed by atoms with E-state index in [1.165, 1.54) is 6.07 Å². The molecule has 2 aromatic carbocycles. The Morgan fingerprint density at radius 1 is 1.20 bits per heavy atom. The second-order valence-electron chi connectivity index (χ2n) is 4.39. The van der Waals surface area contributed by atoms with Gasteiger partial charge in [-0.1, -0.05) is 29.4 Å². The molecule has 1 heterocycles. The van der Waals surface area contributed by atoms with Crippen LogP contribution in [0.15, 0.2) is 40.9 Å². The Morgan fingerprint density at radius 2 is 1.95 bits per heavy atom. The fraction of sp³-hybridized carbons (Fsp3) is 0.143. The lowest BCUT2D eigenvalue weighted by Crippen LogP contribution is -2.14. The number of aliphatic hydroxyl groups excluding tert-OH is 1. The van der Waals surface area contributed by atoms with Crippen molar-refractivity contribution in [3.63, 3.8) is 0 Å². The lowest BCUT2D eigenvalue weighted by atomic mass is 10.0. The summed E-state index contributed by atoms with van der Waals surface area (Å²) >= 11 is 0. The van der Waals surface area contributed by atoms with Crippen molar-refractivity contribution < 1.29 is 14.0 Å². The summed E-state index contributed by atoms with van der Waals surface area (Å²) in [5, 5.41) is 14.0. The highest BCUT2D eigenvalue weighted by Crippen LogP contribution is 2.28. The molecule has 0 radical (unpaired) electrons. The van der Waals surface area contributed by atoms with Gasteiger partial charge in [-0.2, -0.15) is 4.98 Å². The Kier molecular flexibility index (Phi) is 3.17. The minimum atomic E-state index is -0.719. The van der Waals surface area contributed by atoms with Crippen LogP contribution in [0.1, 0.15) is 11.9 Å². The van der Waals surface area contributed by atoms with Crippen molar-refractivity contribution >= 4 is 10.8 Å². The first-order valence-corrected chi connectivity index (χ1v) is 6.08. The van der Waals surface area contributed by atoms with Crippen LogP contribution in [-0.2, 0) is 0 Å². The highest BCUT2D eigenvalue weighted by molar-refractivity contribution is 5.95. The van der Waals surface area contributed by atoms with E-state index >= 15 is 0 Å². The standard InChI is InChI=1S/C14H12FN3O2/c15-11-6-5-10(8-3-1-2-4-9(8)11)13-17-14(20-18-13)12(16)7-19/h1-6,12,19H,7,16H2/t12-/m1/s1. The van der Waals surface area contributed by atoms with E-state index in [4.69, 9.17) is 15.4 Å². The summed E-state index contributed by atoms with van der Waals surface area (Å²) in [6.07, 6.45) is 0. The lowest BCUT2D eigenvalue weighted by Gasteiger charge is -2.03. The lowest BCUT2D eigenvalue weighted by molar-refractivity contribution is 0.237. The van der Waals surface area contributed by atoms with Gasteiger partial charge in [0.25, 0.3) is 0 Å². The van der Waals surface area contributed by atoms with Crippen LogP contribution in [-0.4, -0.2) is 21.9 Å². The number of rotatable bonds is 3. The van der Waals surface area contributed by atoms with Crippen molar-refractivity contribution in [1.29, 1.82) is 0 Å². The zero-order valence-electron chi connectivity index (χ0n) is 10.5. The van der Waals surface area contributed by atoms with E-state index in [0.29, 0.717) is 22.2 Å². The second kappa shape index (κ2) is 4.99. The highest BCUT2D eigenvalue weighted by atomic mass is 19.1. The Morgan fingerprint density at radius 3 is 2.70 bits per heavy atom. The normalized spacial score (nSPS) is 12.8. The van der Waals surface area contributed by atoms with Gasteiger partial charge in [0.1, 0.15) is 11.9 Å². The van der Waals surface area contributed by atoms with Crippen LogP contribution in [0.2, 0.25) is 0 Å². The predicted octanol–water partition coefficient (Wildman–Crippen LogP) is 2.02. The highest BCUT2D eigenvalue weighted by Gasteiger charge is 2.16. The molecule has 1 atom stereocenters. The molecule has 20 heavy (non-hydrogen) atoms. The maximum Gasteiger partial charge on any atom is 0.246 e. The monoisotopic (exact) mass is 273 g/mol. The van der Waals surface area contributed by atoms with Crippen LogP contribution in [0.5, 0.6) is 0 Å². The molecule has 0 bridgehead atoms. The van der Waals surface area contributed by atoms with E-state index in [-0.39, 0.29) is 18.3 Å². The maximum atomic E-state index is 13.8. The van der Waals surface area contributed by atoms with E-state index in [0.717, 1.165) is 0 Å². The number of halogens is 1. The average Bonchev–Trinajstić information content (AvgIpc) is 2.97. The van der Waals surface area contributed by atoms with Gasteiger partial charge in [0.05, 0.1) is 6.61 Å². The maximum absolute atomic E-state index is 13.8. The Hall–Kier alpha value is -2.31. The molecule has 6 heteroatoms. The van der Waals surface area contributed by atoms with Crippen molar-refractivity contribution in [2.24, 2.45) is 5.73 Å². The minimum absolute atomic E-state index is 0.149. The SMILES string of the molecule is N[C@H](CO)c1nc(-c2ccc(F)c3ccccc23)no1. The molecule has 0 unspecified atom stereocenters. The number of aliphatic hydroxyl groups is 1. The molecule has 0 fully saturated rings. The zero-order chi connectivity index (χ0) is 14.1. The summed E-state index contributed by atoms with van der Waals surface area (Å²) in [4.78, 5) is 4.15. The van der Waals surface area contributed by atoms with Crippen molar-refractivity contribution in [2.45, 2.75) is 6.04 Å². The zero-order valence-corrected chi connectivity index (χ0v) is 10.5. The number of nitrogens with two attached hydrogens (primary N) is 1. The Labute approximate surface area is 113 Å². The van der Waals surface area contributed by atoms with Gasteiger partial charge in [-0.05, 0) is 17.5 Å². The molecule has 102 valence electrons. The molecular weight excluding hydrogens is 261 g/mol. The van der Waals surface area contributed by atoms with Gasteiger partial charge >= 0.3 is 0 Å². The molecule has 0 saturated heterocycles. The summed E-state index contributed by atoms with van der Waals surface area (Å²) in [6, 6.07) is 9.29. The number of hydrogen-bond acceptors (Lipinski definition) is 5. The van der Waals surface area contributed by atoms with Crippen molar-refractivity contribution in [3.8, 4) is 11.4 Å². The van der Waals surface area contributed by atoms with Crippen LogP contribution in [0.25, 0.3) is 22.2 Å². The predicted molar refractivity (Wildman–Crippen MR) is 71.2 cm³/mol. The van der Waals surface area contributed by atoms with E-state index in [1.807, 2.05) is 6.07 Å². The van der Waals surface area contributed by atoms with Crippen molar-refractivity contribution in [3.05, 3.63) is 48.1 Å². The van der Waals surface area contributed by atoms with Gasteiger partial charge in [0, 0.05) is 10.9 Å². The molecule has 1 aromatic heterocycles. The fourth-order valence-corrected chi connectivity index (χ4v) is 2.03. The first kappa shape index (κ1) is 12.7. The molecule has 0 aliphatic rings. The number of benzene rings is 2. The summed E-state index contributed by atoms with van der Waals surface area (Å²) < 4.78 is 18.8. The number of nitrogens with zero attached hydrogens (tertiary/aromatic N) is 2. The third kappa shape index (κ3) is 2.04. The number of aromatic nitrogens is 2. The molecule has 3 rings (SSSR count). The minimum Gasteiger partial charge on any atom is -0.394 e. The van der Waals surface area contributed by atoms with Crippen LogP contribution < -0.4 is 5.73 Å². The summed E-state index contributed by atoms with van der Waals surface area (Å²) in [5.74, 6) is 0.163. The van der Waals surface area contributed by atoms with Gasteiger partial charge in [-0.3, -0.25) is 0 Å². The average molecular weight is 273 g/mol. The molecule has 0 spiro atoms. The summed E-state index contributed by atoms with van der Waals surface area (Å²) in [6.45, 7) is -0.286. The molecule has 0 saturated carbocycles. The van der Waals surface area contributed by atoms with E-state index in [9.17, 15) is 4.39 Å². The van der Waals surface area contributed by atoms with Gasteiger partial charge in [0.15, 0.2) is 0 Å². The van der Waals surface area contributed by atoms with E-state index < -0.39 is 6.04 Å². The summed E-state index contributed by atoms with van der Waals surface area (Å²) in [5.41, 5.74) is 6.27. The molecule has 0 aliphatic carbocycles.